The standard InChI is InChI=1S/C15H21NO2/c1-5-10-18-14-11-12(4)8-9-13(14)15(17)16(6-2)7-3/h5,8-9,11H,1,6-7,10H2,2-4H3. The van der Waals surface area contributed by atoms with Gasteiger partial charge in [0.2, 0.25) is 0 Å². The van der Waals surface area contributed by atoms with Gasteiger partial charge in [-0.1, -0.05) is 18.7 Å². The molecular weight excluding hydrogens is 226 g/mol. The van der Waals surface area contributed by atoms with Crippen molar-refractivity contribution in [1.29, 1.82) is 0 Å². The molecule has 0 aromatic heterocycles. The molecule has 0 spiro atoms. The Morgan fingerprint density at radius 3 is 2.61 bits per heavy atom. The van der Waals surface area contributed by atoms with E-state index in [2.05, 4.69) is 6.58 Å². The molecule has 1 amide bonds. The molecule has 0 bridgehead atoms. The third kappa shape index (κ3) is 3.36. The highest BCUT2D eigenvalue weighted by Gasteiger charge is 2.17. The summed E-state index contributed by atoms with van der Waals surface area (Å²) < 4.78 is 5.56. The van der Waals surface area contributed by atoms with Crippen LogP contribution in [0.5, 0.6) is 5.75 Å². The predicted molar refractivity (Wildman–Crippen MR) is 74.1 cm³/mol. The molecule has 0 saturated carbocycles. The fourth-order valence-electron chi connectivity index (χ4n) is 1.76. The maximum Gasteiger partial charge on any atom is 0.257 e. The summed E-state index contributed by atoms with van der Waals surface area (Å²) in [7, 11) is 0. The first-order valence-corrected chi connectivity index (χ1v) is 6.27. The number of nitrogens with zero attached hydrogens (tertiary/aromatic N) is 1. The Morgan fingerprint density at radius 1 is 1.39 bits per heavy atom. The van der Waals surface area contributed by atoms with Crippen LogP contribution in [0, 0.1) is 6.92 Å². The lowest BCUT2D eigenvalue weighted by Crippen LogP contribution is -2.30. The second-order valence-electron chi connectivity index (χ2n) is 4.08. The number of rotatable bonds is 6. The molecule has 3 heteroatoms. The molecule has 1 rings (SSSR count). The maximum absolute atomic E-state index is 12.3. The van der Waals surface area contributed by atoms with Crippen LogP contribution in [0.4, 0.5) is 0 Å². The molecule has 0 unspecified atom stereocenters. The number of aryl methyl sites for hydroxylation is 1. The summed E-state index contributed by atoms with van der Waals surface area (Å²) >= 11 is 0. The van der Waals surface area contributed by atoms with E-state index in [9.17, 15) is 4.79 Å². The fourth-order valence-corrected chi connectivity index (χ4v) is 1.76. The van der Waals surface area contributed by atoms with Crippen molar-refractivity contribution in [3.8, 4) is 5.75 Å². The summed E-state index contributed by atoms with van der Waals surface area (Å²) in [5.41, 5.74) is 1.69. The number of ether oxygens (including phenoxy) is 1. The zero-order valence-corrected chi connectivity index (χ0v) is 11.4. The molecule has 1 aromatic carbocycles. The minimum absolute atomic E-state index is 0.0130. The average Bonchev–Trinajstić information content (AvgIpc) is 2.37. The fraction of sp³-hybridized carbons (Fsp3) is 0.400. The molecule has 1 aromatic rings. The Bertz CT molecular complexity index is 423. The summed E-state index contributed by atoms with van der Waals surface area (Å²) in [6, 6.07) is 5.64. The number of hydrogen-bond acceptors (Lipinski definition) is 2. The third-order valence-corrected chi connectivity index (χ3v) is 2.77. The topological polar surface area (TPSA) is 29.5 Å². The van der Waals surface area contributed by atoms with Crippen molar-refractivity contribution in [1.82, 2.24) is 4.90 Å². The predicted octanol–water partition coefficient (Wildman–Crippen LogP) is 3.04. The van der Waals surface area contributed by atoms with Gasteiger partial charge in [0, 0.05) is 13.1 Å². The number of amides is 1. The molecule has 0 aliphatic carbocycles. The van der Waals surface area contributed by atoms with Crippen molar-refractivity contribution in [3.05, 3.63) is 42.0 Å². The van der Waals surface area contributed by atoms with E-state index < -0.39 is 0 Å². The van der Waals surface area contributed by atoms with Gasteiger partial charge in [0.1, 0.15) is 12.4 Å². The van der Waals surface area contributed by atoms with Crippen molar-refractivity contribution in [2.24, 2.45) is 0 Å². The SMILES string of the molecule is C=CCOc1cc(C)ccc1C(=O)N(CC)CC. The number of benzene rings is 1. The quantitative estimate of drug-likeness (QED) is 0.723. The van der Waals surface area contributed by atoms with Gasteiger partial charge in [-0.25, -0.2) is 0 Å². The van der Waals surface area contributed by atoms with E-state index in [0.717, 1.165) is 5.56 Å². The number of carbonyl (C=O) groups is 1. The summed E-state index contributed by atoms with van der Waals surface area (Å²) in [5, 5.41) is 0. The number of hydrogen-bond donors (Lipinski definition) is 0. The van der Waals surface area contributed by atoms with Gasteiger partial charge in [-0.05, 0) is 38.5 Å². The molecule has 3 nitrogen and oxygen atoms in total. The highest BCUT2D eigenvalue weighted by atomic mass is 16.5. The largest absolute Gasteiger partial charge is 0.489 e. The van der Waals surface area contributed by atoms with Crippen LogP contribution in [0.1, 0.15) is 29.8 Å². The Labute approximate surface area is 109 Å². The molecule has 0 heterocycles. The van der Waals surface area contributed by atoms with Gasteiger partial charge in [0.15, 0.2) is 0 Å². The van der Waals surface area contributed by atoms with Gasteiger partial charge in [-0.3, -0.25) is 4.79 Å². The van der Waals surface area contributed by atoms with Gasteiger partial charge in [0.05, 0.1) is 5.56 Å². The molecule has 0 atom stereocenters. The molecule has 0 aliphatic heterocycles. The van der Waals surface area contributed by atoms with Crippen LogP contribution in [0.3, 0.4) is 0 Å². The summed E-state index contributed by atoms with van der Waals surface area (Å²) in [5.74, 6) is 0.644. The Morgan fingerprint density at radius 2 is 2.06 bits per heavy atom. The van der Waals surface area contributed by atoms with Crippen molar-refractivity contribution in [3.63, 3.8) is 0 Å². The van der Waals surface area contributed by atoms with Crippen LogP contribution in [-0.4, -0.2) is 30.5 Å². The normalized spacial score (nSPS) is 9.94. The minimum Gasteiger partial charge on any atom is -0.489 e. The highest BCUT2D eigenvalue weighted by Crippen LogP contribution is 2.22. The maximum atomic E-state index is 12.3. The summed E-state index contributed by atoms with van der Waals surface area (Å²) in [6.07, 6.45) is 1.67. The van der Waals surface area contributed by atoms with E-state index in [1.54, 1.807) is 11.0 Å². The van der Waals surface area contributed by atoms with Crippen molar-refractivity contribution < 1.29 is 9.53 Å². The third-order valence-electron chi connectivity index (χ3n) is 2.77. The summed E-state index contributed by atoms with van der Waals surface area (Å²) in [6.45, 7) is 11.3. The molecule has 0 fully saturated rings. The molecule has 0 radical (unpaired) electrons. The number of carbonyl (C=O) groups excluding carboxylic acids is 1. The lowest BCUT2D eigenvalue weighted by molar-refractivity contribution is 0.0769. The van der Waals surface area contributed by atoms with E-state index in [-0.39, 0.29) is 5.91 Å². The molecule has 0 saturated heterocycles. The van der Waals surface area contributed by atoms with Crippen LogP contribution in [-0.2, 0) is 0 Å². The molecule has 98 valence electrons. The second-order valence-corrected chi connectivity index (χ2v) is 4.08. The highest BCUT2D eigenvalue weighted by molar-refractivity contribution is 5.97. The van der Waals surface area contributed by atoms with Crippen LogP contribution in [0.25, 0.3) is 0 Å². The van der Waals surface area contributed by atoms with Gasteiger partial charge in [-0.15, -0.1) is 0 Å². The zero-order chi connectivity index (χ0) is 13.5. The van der Waals surface area contributed by atoms with E-state index >= 15 is 0 Å². The van der Waals surface area contributed by atoms with Crippen LogP contribution in [0.15, 0.2) is 30.9 Å². The smallest absolute Gasteiger partial charge is 0.257 e. The van der Waals surface area contributed by atoms with Gasteiger partial charge in [-0.2, -0.15) is 0 Å². The Balaban J connectivity index is 3.05. The van der Waals surface area contributed by atoms with Crippen LogP contribution in [0.2, 0.25) is 0 Å². The molecule has 18 heavy (non-hydrogen) atoms. The summed E-state index contributed by atoms with van der Waals surface area (Å²) in [4.78, 5) is 14.1. The van der Waals surface area contributed by atoms with Crippen LogP contribution < -0.4 is 4.74 Å². The molecule has 0 aliphatic rings. The Kier molecular flexibility index (Phi) is 5.43. The van der Waals surface area contributed by atoms with E-state index in [1.165, 1.54) is 0 Å². The van der Waals surface area contributed by atoms with E-state index in [0.29, 0.717) is 31.0 Å². The van der Waals surface area contributed by atoms with Crippen molar-refractivity contribution in [2.45, 2.75) is 20.8 Å². The first kappa shape index (κ1) is 14.3. The van der Waals surface area contributed by atoms with E-state index in [4.69, 9.17) is 4.74 Å². The van der Waals surface area contributed by atoms with Crippen molar-refractivity contribution >= 4 is 5.91 Å². The Hall–Kier alpha value is -1.77. The monoisotopic (exact) mass is 247 g/mol. The van der Waals surface area contributed by atoms with Gasteiger partial charge >= 0.3 is 0 Å². The lowest BCUT2D eigenvalue weighted by atomic mass is 10.1. The first-order chi connectivity index (χ1) is 8.63. The van der Waals surface area contributed by atoms with Gasteiger partial charge in [0.25, 0.3) is 5.91 Å². The molecule has 0 N–H and O–H groups in total. The molecular formula is C15H21NO2. The lowest BCUT2D eigenvalue weighted by Gasteiger charge is -2.20. The van der Waals surface area contributed by atoms with Crippen molar-refractivity contribution in [2.75, 3.05) is 19.7 Å². The minimum atomic E-state index is 0.0130. The second kappa shape index (κ2) is 6.84. The average molecular weight is 247 g/mol. The van der Waals surface area contributed by atoms with E-state index in [1.807, 2.05) is 39.0 Å². The van der Waals surface area contributed by atoms with Gasteiger partial charge < -0.3 is 9.64 Å². The van der Waals surface area contributed by atoms with Crippen LogP contribution >= 0.6 is 0 Å². The first-order valence-electron chi connectivity index (χ1n) is 6.27. The zero-order valence-electron chi connectivity index (χ0n) is 11.4.